The van der Waals surface area contributed by atoms with Crippen LogP contribution in [0.5, 0.6) is 0 Å². The zero-order valence-electron chi connectivity index (χ0n) is 47.5. The molecule has 3 rings (SSSR count). The van der Waals surface area contributed by atoms with Crippen LogP contribution in [0.1, 0.15) is 232 Å². The van der Waals surface area contributed by atoms with Crippen molar-refractivity contribution in [2.45, 2.75) is 336 Å². The number of aliphatic hydroxyl groups excluding tert-OH is 11. The van der Waals surface area contributed by atoms with Crippen LogP contribution in [0.3, 0.4) is 0 Å². The van der Waals surface area contributed by atoms with E-state index in [4.69, 9.17) is 28.4 Å². The van der Waals surface area contributed by atoms with E-state index in [1.165, 1.54) is 167 Å². The summed E-state index contributed by atoms with van der Waals surface area (Å²) in [5, 5.41) is 119. The van der Waals surface area contributed by atoms with Crippen molar-refractivity contribution >= 4 is 5.91 Å². The zero-order valence-corrected chi connectivity index (χ0v) is 47.5. The predicted molar refractivity (Wildman–Crippen MR) is 291 cm³/mol. The van der Waals surface area contributed by atoms with Gasteiger partial charge in [-0.25, -0.2) is 0 Å². The number of ether oxygens (including phenoxy) is 6. The van der Waals surface area contributed by atoms with Crippen LogP contribution in [-0.4, -0.2) is 193 Å². The first-order valence-electron chi connectivity index (χ1n) is 30.8. The minimum Gasteiger partial charge on any atom is -0.394 e. The first-order chi connectivity index (χ1) is 37.3. The molecule has 0 bridgehead atoms. The Bertz CT molecular complexity index is 1420. The van der Waals surface area contributed by atoms with Crippen LogP contribution >= 0.6 is 0 Å². The zero-order chi connectivity index (χ0) is 56.2. The smallest absolute Gasteiger partial charge is 0.220 e. The number of nitrogens with one attached hydrogen (secondary N) is 1. The average molecular weight is 1110 g/mol. The summed E-state index contributed by atoms with van der Waals surface area (Å²) in [5.41, 5.74) is 0. The molecule has 3 saturated heterocycles. The monoisotopic (exact) mass is 1110 g/mol. The third kappa shape index (κ3) is 26.7. The fourth-order valence-corrected chi connectivity index (χ4v) is 10.8. The van der Waals surface area contributed by atoms with Crippen molar-refractivity contribution in [3.05, 3.63) is 0 Å². The molecule has 19 heteroatoms. The van der Waals surface area contributed by atoms with Gasteiger partial charge in [-0.2, -0.15) is 0 Å². The number of carbonyl (C=O) groups is 1. The van der Waals surface area contributed by atoms with Crippen LogP contribution in [0.2, 0.25) is 0 Å². The Morgan fingerprint density at radius 2 is 0.740 bits per heavy atom. The highest BCUT2D eigenvalue weighted by Crippen LogP contribution is 2.33. The Morgan fingerprint density at radius 1 is 0.416 bits per heavy atom. The second kappa shape index (κ2) is 42.6. The lowest BCUT2D eigenvalue weighted by atomic mass is 9.96. The van der Waals surface area contributed by atoms with Gasteiger partial charge in [0.2, 0.25) is 5.91 Å². The summed E-state index contributed by atoms with van der Waals surface area (Å²) in [5.74, 6) is -0.276. The quantitative estimate of drug-likeness (QED) is 0.0330. The van der Waals surface area contributed by atoms with Crippen LogP contribution in [0.25, 0.3) is 0 Å². The van der Waals surface area contributed by atoms with E-state index in [2.05, 4.69) is 12.2 Å². The number of aliphatic hydroxyl groups is 11. The van der Waals surface area contributed by atoms with Gasteiger partial charge < -0.3 is 89.9 Å². The Kier molecular flexibility index (Phi) is 38.7. The molecule has 3 heterocycles. The van der Waals surface area contributed by atoms with Crippen LogP contribution in [0.15, 0.2) is 0 Å². The fourth-order valence-electron chi connectivity index (χ4n) is 10.8. The van der Waals surface area contributed by atoms with Crippen molar-refractivity contribution in [1.82, 2.24) is 5.32 Å². The highest BCUT2D eigenvalue weighted by molar-refractivity contribution is 5.76. The van der Waals surface area contributed by atoms with E-state index in [-0.39, 0.29) is 18.9 Å². The standard InChI is InChI=1S/C58H111NO18/c1-3-5-7-8-9-10-11-12-13-14-15-16-17-18-19-20-21-22-23-24-25-26-27-28-29-30-31-32-33-34-35-42(63)41(59-46(64)36-6-4-2)40-72-56-52(70)49(67)54(44(38-61)74-56)77-58-53(71)50(68)55(45(39-62)75-58)76-57-51(69)48(66)47(65)43(37-60)73-57/h41-45,47-58,60-63,65-71H,3-40H2,1-2H3,(H,59,64). The Morgan fingerprint density at radius 3 is 1.12 bits per heavy atom. The maximum atomic E-state index is 12.8. The third-order valence-electron chi connectivity index (χ3n) is 15.9. The number of hydrogen-bond acceptors (Lipinski definition) is 18. The summed E-state index contributed by atoms with van der Waals surface area (Å²) in [6.45, 7) is 1.55. The Hall–Kier alpha value is -1.21. The van der Waals surface area contributed by atoms with Gasteiger partial charge >= 0.3 is 0 Å². The molecule has 3 aliphatic heterocycles. The molecule has 19 nitrogen and oxygen atoms in total. The minimum atomic E-state index is -1.97. The summed E-state index contributed by atoms with van der Waals surface area (Å²) in [7, 11) is 0. The van der Waals surface area contributed by atoms with Crippen molar-refractivity contribution in [1.29, 1.82) is 0 Å². The van der Waals surface area contributed by atoms with E-state index in [1.54, 1.807) is 0 Å². The first-order valence-corrected chi connectivity index (χ1v) is 30.8. The lowest BCUT2D eigenvalue weighted by Gasteiger charge is -2.48. The molecule has 0 aromatic carbocycles. The molecule has 3 fully saturated rings. The van der Waals surface area contributed by atoms with Gasteiger partial charge in [-0.3, -0.25) is 4.79 Å². The lowest BCUT2D eigenvalue weighted by Crippen LogP contribution is -2.66. The molecule has 17 unspecified atom stereocenters. The van der Waals surface area contributed by atoms with E-state index >= 15 is 0 Å². The maximum absolute atomic E-state index is 12.8. The molecule has 1 amide bonds. The fraction of sp³-hybridized carbons (Fsp3) is 0.983. The van der Waals surface area contributed by atoms with Crippen molar-refractivity contribution in [2.75, 3.05) is 26.4 Å². The lowest BCUT2D eigenvalue weighted by molar-refractivity contribution is -0.379. The Balaban J connectivity index is 1.28. The van der Waals surface area contributed by atoms with Gasteiger partial charge in [0.25, 0.3) is 0 Å². The van der Waals surface area contributed by atoms with Gasteiger partial charge in [0.15, 0.2) is 18.9 Å². The van der Waals surface area contributed by atoms with E-state index in [9.17, 15) is 61.0 Å². The minimum absolute atomic E-state index is 0.244. The van der Waals surface area contributed by atoms with Crippen molar-refractivity contribution in [3.8, 4) is 0 Å². The van der Waals surface area contributed by atoms with Crippen molar-refractivity contribution < 1.29 is 89.4 Å². The molecule has 3 aliphatic rings. The predicted octanol–water partition coefficient (Wildman–Crippen LogP) is 5.60. The summed E-state index contributed by atoms with van der Waals surface area (Å²) < 4.78 is 34.0. The number of amides is 1. The van der Waals surface area contributed by atoms with Crippen LogP contribution in [0.4, 0.5) is 0 Å². The van der Waals surface area contributed by atoms with Gasteiger partial charge in [-0.15, -0.1) is 0 Å². The number of carbonyl (C=O) groups excluding carboxylic acids is 1. The number of rotatable bonds is 46. The number of hydrogen-bond donors (Lipinski definition) is 12. The molecule has 17 atom stereocenters. The van der Waals surface area contributed by atoms with Crippen LogP contribution in [0, 0.1) is 0 Å². The van der Waals surface area contributed by atoms with E-state index in [0.717, 1.165) is 32.1 Å². The van der Waals surface area contributed by atoms with E-state index in [1.807, 2.05) is 6.92 Å². The molecule has 0 spiro atoms. The van der Waals surface area contributed by atoms with Gasteiger partial charge in [0.1, 0.15) is 73.2 Å². The summed E-state index contributed by atoms with van der Waals surface area (Å²) in [4.78, 5) is 12.8. The van der Waals surface area contributed by atoms with Gasteiger partial charge in [0, 0.05) is 6.42 Å². The van der Waals surface area contributed by atoms with Gasteiger partial charge in [0.05, 0.1) is 38.6 Å². The highest BCUT2D eigenvalue weighted by atomic mass is 16.8. The molecule has 0 aromatic rings. The molecular formula is C58H111NO18. The molecule has 0 aliphatic carbocycles. The third-order valence-corrected chi connectivity index (χ3v) is 15.9. The molecule has 77 heavy (non-hydrogen) atoms. The molecule has 12 N–H and O–H groups in total. The van der Waals surface area contributed by atoms with E-state index in [0.29, 0.717) is 12.8 Å². The SMILES string of the molecule is CCCCCCCCCCCCCCCCCCCCCCCCCCCCCCCCC(O)C(COC1OC(CO)C(OC2OC(CO)C(OC3OC(CO)C(O)C(O)C3O)C(O)C2O)C(O)C1O)NC(=O)CCCC. The molecule has 0 radical (unpaired) electrons. The maximum Gasteiger partial charge on any atom is 0.220 e. The van der Waals surface area contributed by atoms with Crippen molar-refractivity contribution in [3.63, 3.8) is 0 Å². The summed E-state index contributed by atoms with van der Waals surface area (Å²) >= 11 is 0. The highest BCUT2D eigenvalue weighted by Gasteiger charge is 2.53. The molecule has 0 saturated carbocycles. The second-order valence-corrected chi connectivity index (χ2v) is 22.5. The van der Waals surface area contributed by atoms with Crippen molar-refractivity contribution in [2.24, 2.45) is 0 Å². The summed E-state index contributed by atoms with van der Waals surface area (Å²) in [6, 6.07) is -0.877. The average Bonchev–Trinajstić information content (AvgIpc) is 3.43. The summed E-state index contributed by atoms with van der Waals surface area (Å²) in [6.07, 6.45) is 15.3. The topological polar surface area (TPSA) is 307 Å². The van der Waals surface area contributed by atoms with Crippen LogP contribution in [-0.2, 0) is 33.2 Å². The normalized spacial score (nSPS) is 30.6. The first kappa shape index (κ1) is 70.1. The second-order valence-electron chi connectivity index (χ2n) is 22.5. The van der Waals surface area contributed by atoms with Gasteiger partial charge in [-0.05, 0) is 12.8 Å². The molecule has 0 aromatic heterocycles. The largest absolute Gasteiger partial charge is 0.394 e. The molecular weight excluding hydrogens is 999 g/mol. The Labute approximate surface area is 462 Å². The molecule has 456 valence electrons. The van der Waals surface area contributed by atoms with Crippen LogP contribution < -0.4 is 5.32 Å². The van der Waals surface area contributed by atoms with E-state index < -0.39 is 124 Å². The van der Waals surface area contributed by atoms with Gasteiger partial charge in [-0.1, -0.05) is 213 Å². The number of unbranched alkanes of at least 4 members (excludes halogenated alkanes) is 30.